The van der Waals surface area contributed by atoms with Crippen molar-refractivity contribution in [3.8, 4) is 0 Å². The molecule has 0 aliphatic carbocycles. The molecule has 192 valence electrons. The molecular weight excluding hydrogens is 462 g/mol. The van der Waals surface area contributed by atoms with Crippen molar-refractivity contribution in [2.75, 3.05) is 13.6 Å². The van der Waals surface area contributed by atoms with Crippen molar-refractivity contribution >= 4 is 22.8 Å². The minimum atomic E-state index is -0.787. The van der Waals surface area contributed by atoms with E-state index in [1.807, 2.05) is 98.2 Å². The monoisotopic (exact) mass is 497 g/mol. The van der Waals surface area contributed by atoms with E-state index < -0.39 is 11.9 Å². The normalized spacial score (nSPS) is 12.8. The fourth-order valence-electron chi connectivity index (χ4n) is 4.80. The van der Waals surface area contributed by atoms with Gasteiger partial charge in [0.1, 0.15) is 0 Å². The molecule has 0 saturated heterocycles. The van der Waals surface area contributed by atoms with Crippen molar-refractivity contribution < 1.29 is 14.7 Å². The van der Waals surface area contributed by atoms with Gasteiger partial charge < -0.3 is 20.3 Å². The van der Waals surface area contributed by atoms with Gasteiger partial charge in [0.15, 0.2) is 0 Å². The molecule has 4 aromatic rings. The lowest BCUT2D eigenvalue weighted by Crippen LogP contribution is -2.46. The zero-order valence-corrected chi connectivity index (χ0v) is 21.3. The number of fused-ring (bicyclic) bond motifs is 1. The van der Waals surface area contributed by atoms with E-state index in [2.05, 4.69) is 10.3 Å². The highest BCUT2D eigenvalue weighted by Crippen LogP contribution is 2.23. The van der Waals surface area contributed by atoms with Crippen LogP contribution in [0.25, 0.3) is 10.9 Å². The first-order valence-electron chi connectivity index (χ1n) is 12.8. The first-order valence-corrected chi connectivity index (χ1v) is 12.8. The lowest BCUT2D eigenvalue weighted by atomic mass is 9.94. The molecule has 4 rings (SSSR count). The van der Waals surface area contributed by atoms with Crippen LogP contribution < -0.4 is 5.32 Å². The summed E-state index contributed by atoms with van der Waals surface area (Å²) >= 11 is 0. The maximum Gasteiger partial charge on any atom is 0.306 e. The summed E-state index contributed by atoms with van der Waals surface area (Å²) in [5.41, 5.74) is 4.21. The minimum Gasteiger partial charge on any atom is -0.481 e. The number of likely N-dealkylation sites (N-methyl/N-ethyl adjacent to an activating group) is 1. The number of hydrogen-bond donors (Lipinski definition) is 3. The van der Waals surface area contributed by atoms with Gasteiger partial charge in [-0.05, 0) is 55.0 Å². The van der Waals surface area contributed by atoms with Crippen LogP contribution in [0, 0.1) is 5.92 Å². The Morgan fingerprint density at radius 3 is 2.24 bits per heavy atom. The summed E-state index contributed by atoms with van der Waals surface area (Å²) in [5, 5.41) is 14.4. The third-order valence-electron chi connectivity index (χ3n) is 6.83. The number of nitrogens with one attached hydrogen (secondary N) is 2. The smallest absolute Gasteiger partial charge is 0.306 e. The molecule has 6 nitrogen and oxygen atoms in total. The first kappa shape index (κ1) is 26.2. The highest BCUT2D eigenvalue weighted by Gasteiger charge is 2.23. The van der Waals surface area contributed by atoms with E-state index in [0.29, 0.717) is 38.8 Å². The summed E-state index contributed by atoms with van der Waals surface area (Å²) in [6.07, 6.45) is 4.17. The fraction of sp³-hybridized carbons (Fsp3) is 0.290. The van der Waals surface area contributed by atoms with Gasteiger partial charge in [-0.15, -0.1) is 0 Å². The second-order valence-corrected chi connectivity index (χ2v) is 9.62. The molecular formula is C31H35N3O3. The zero-order chi connectivity index (χ0) is 26.0. The molecule has 2 atom stereocenters. The Hall–Kier alpha value is -3.90. The average Bonchev–Trinajstić information content (AvgIpc) is 3.33. The van der Waals surface area contributed by atoms with E-state index in [4.69, 9.17) is 0 Å². The Morgan fingerprint density at radius 1 is 0.892 bits per heavy atom. The third-order valence-corrected chi connectivity index (χ3v) is 6.83. The Morgan fingerprint density at radius 2 is 1.54 bits per heavy atom. The van der Waals surface area contributed by atoms with Crippen molar-refractivity contribution in [3.63, 3.8) is 0 Å². The van der Waals surface area contributed by atoms with E-state index in [9.17, 15) is 14.7 Å². The molecule has 0 radical (unpaired) electrons. The highest BCUT2D eigenvalue weighted by molar-refractivity contribution is 5.84. The number of benzene rings is 3. The number of carboxylic acids is 1. The number of aliphatic carboxylic acids is 1. The molecule has 0 bridgehead atoms. The summed E-state index contributed by atoms with van der Waals surface area (Å²) in [7, 11) is 1.83. The van der Waals surface area contributed by atoms with E-state index in [1.165, 1.54) is 0 Å². The number of carboxylic acid groups (broad SMARTS) is 1. The second kappa shape index (κ2) is 12.9. The maximum absolute atomic E-state index is 13.4. The number of carbonyl (C=O) groups excluding carboxylic acids is 1. The van der Waals surface area contributed by atoms with Crippen LogP contribution in [0.1, 0.15) is 29.5 Å². The lowest BCUT2D eigenvalue weighted by molar-refractivity contribution is -0.142. The summed E-state index contributed by atoms with van der Waals surface area (Å²) in [6.45, 7) is 1.11. The fourth-order valence-corrected chi connectivity index (χ4v) is 4.80. The number of aromatic nitrogens is 1. The molecule has 3 N–H and O–H groups in total. The van der Waals surface area contributed by atoms with Gasteiger partial charge in [0, 0.05) is 30.7 Å². The topological polar surface area (TPSA) is 85.4 Å². The van der Waals surface area contributed by atoms with Crippen LogP contribution >= 0.6 is 0 Å². The Bertz CT molecular complexity index is 1290. The van der Waals surface area contributed by atoms with Crippen LogP contribution in [-0.2, 0) is 29.0 Å². The van der Waals surface area contributed by atoms with Gasteiger partial charge in [-0.1, -0.05) is 78.9 Å². The van der Waals surface area contributed by atoms with Crippen LogP contribution in [-0.4, -0.2) is 46.5 Å². The SMILES string of the molecule is CN(Cc1ccccc1)C(=O)C(Cc1ccccc1)NCCCC(Cc1c[nH]c2ccccc12)C(=O)O. The molecule has 1 heterocycles. The van der Waals surface area contributed by atoms with Crippen molar-refractivity contribution in [2.45, 2.75) is 38.3 Å². The second-order valence-electron chi connectivity index (χ2n) is 9.62. The molecule has 0 spiro atoms. The number of amides is 1. The third kappa shape index (κ3) is 7.30. The molecule has 1 aromatic heterocycles. The number of aromatic amines is 1. The number of carbonyl (C=O) groups is 2. The molecule has 0 aliphatic rings. The minimum absolute atomic E-state index is 0.0290. The van der Waals surface area contributed by atoms with E-state index in [1.54, 1.807) is 4.90 Å². The number of rotatable bonds is 13. The van der Waals surface area contributed by atoms with Crippen molar-refractivity contribution in [1.29, 1.82) is 0 Å². The van der Waals surface area contributed by atoms with E-state index in [-0.39, 0.29) is 11.9 Å². The van der Waals surface area contributed by atoms with Crippen molar-refractivity contribution in [3.05, 3.63) is 108 Å². The van der Waals surface area contributed by atoms with Crippen molar-refractivity contribution in [2.24, 2.45) is 5.92 Å². The van der Waals surface area contributed by atoms with Gasteiger partial charge in [0.2, 0.25) is 5.91 Å². The van der Waals surface area contributed by atoms with Gasteiger partial charge in [-0.2, -0.15) is 0 Å². The Balaban J connectivity index is 1.36. The largest absolute Gasteiger partial charge is 0.481 e. The maximum atomic E-state index is 13.4. The van der Waals surface area contributed by atoms with Gasteiger partial charge in [-0.25, -0.2) is 0 Å². The van der Waals surface area contributed by atoms with Crippen LogP contribution in [0.5, 0.6) is 0 Å². The molecule has 2 unspecified atom stereocenters. The zero-order valence-electron chi connectivity index (χ0n) is 21.3. The quantitative estimate of drug-likeness (QED) is 0.226. The molecule has 0 saturated carbocycles. The summed E-state index contributed by atoms with van der Waals surface area (Å²) < 4.78 is 0. The van der Waals surface area contributed by atoms with E-state index in [0.717, 1.165) is 27.6 Å². The molecule has 3 aromatic carbocycles. The molecule has 6 heteroatoms. The molecule has 1 amide bonds. The number of H-pyrrole nitrogens is 1. The number of para-hydroxylation sites is 1. The van der Waals surface area contributed by atoms with Gasteiger partial charge in [0.05, 0.1) is 12.0 Å². The van der Waals surface area contributed by atoms with Crippen LogP contribution in [0.15, 0.2) is 91.1 Å². The van der Waals surface area contributed by atoms with Crippen LogP contribution in [0.3, 0.4) is 0 Å². The molecule has 0 aliphatic heterocycles. The Labute approximate surface area is 218 Å². The summed E-state index contributed by atoms with van der Waals surface area (Å²) in [5.74, 6) is -1.24. The predicted octanol–water partition coefficient (Wildman–Crippen LogP) is 5.05. The van der Waals surface area contributed by atoms with Crippen LogP contribution in [0.2, 0.25) is 0 Å². The number of nitrogens with zero attached hydrogens (tertiary/aromatic N) is 1. The highest BCUT2D eigenvalue weighted by atomic mass is 16.4. The van der Waals surface area contributed by atoms with Gasteiger partial charge in [-0.3, -0.25) is 9.59 Å². The average molecular weight is 498 g/mol. The lowest BCUT2D eigenvalue weighted by Gasteiger charge is -2.25. The number of hydrogen-bond acceptors (Lipinski definition) is 3. The van der Waals surface area contributed by atoms with Gasteiger partial charge >= 0.3 is 5.97 Å². The standard InChI is InChI=1S/C31H35N3O3/c1-34(22-24-13-6-3-7-14-24)30(35)29(19-23-11-4-2-5-12-23)32-18-10-15-25(31(36)37)20-26-21-33-28-17-9-8-16-27(26)28/h2-9,11-14,16-17,21,25,29,32-33H,10,15,18-20,22H2,1H3,(H,36,37). The van der Waals surface area contributed by atoms with Gasteiger partial charge in [0.25, 0.3) is 0 Å². The van der Waals surface area contributed by atoms with Crippen LogP contribution in [0.4, 0.5) is 0 Å². The molecule has 37 heavy (non-hydrogen) atoms. The summed E-state index contributed by atoms with van der Waals surface area (Å²) in [6, 6.07) is 27.5. The van der Waals surface area contributed by atoms with E-state index >= 15 is 0 Å². The molecule has 0 fully saturated rings. The predicted molar refractivity (Wildman–Crippen MR) is 147 cm³/mol. The summed E-state index contributed by atoms with van der Waals surface area (Å²) in [4.78, 5) is 30.4. The van der Waals surface area contributed by atoms with Crippen molar-refractivity contribution in [1.82, 2.24) is 15.2 Å². The first-order chi connectivity index (χ1) is 18.0. The Kier molecular flexibility index (Phi) is 9.11.